The van der Waals surface area contributed by atoms with Crippen LogP contribution in [0.1, 0.15) is 46.5 Å². The molecule has 0 N–H and O–H groups in total. The van der Waals surface area contributed by atoms with Crippen LogP contribution in [0.5, 0.6) is 0 Å². The van der Waals surface area contributed by atoms with Crippen molar-refractivity contribution in [2.45, 2.75) is 52.1 Å². The molecule has 1 heterocycles. The van der Waals surface area contributed by atoms with Gasteiger partial charge in [0, 0.05) is 19.0 Å². The summed E-state index contributed by atoms with van der Waals surface area (Å²) in [6.45, 7) is 5.89. The molecule has 112 valence electrons. The highest BCUT2D eigenvalue weighted by Crippen LogP contribution is 2.19. The summed E-state index contributed by atoms with van der Waals surface area (Å²) < 4.78 is 5.50. The summed E-state index contributed by atoms with van der Waals surface area (Å²) in [6.07, 6.45) is 3.80. The zero-order valence-corrected chi connectivity index (χ0v) is 13.7. The van der Waals surface area contributed by atoms with Crippen LogP contribution in [0.2, 0.25) is 0 Å². The van der Waals surface area contributed by atoms with Gasteiger partial charge in [0.1, 0.15) is 5.60 Å². The second-order valence-electron chi connectivity index (χ2n) is 5.68. The molecule has 0 aliphatic carbocycles. The van der Waals surface area contributed by atoms with Crippen LogP contribution in [0.15, 0.2) is 10.6 Å². The number of nitrogens with zero attached hydrogens (tertiary/aromatic N) is 1. The Bertz CT molecular complexity index is 437. The van der Waals surface area contributed by atoms with Crippen LogP contribution in [0.4, 0.5) is 0 Å². The fraction of sp³-hybridized carbons (Fsp3) is 0.643. The minimum Gasteiger partial charge on any atom is -0.460 e. The van der Waals surface area contributed by atoms with Crippen molar-refractivity contribution in [3.05, 3.63) is 10.6 Å². The Morgan fingerprint density at radius 2 is 1.90 bits per heavy atom. The van der Waals surface area contributed by atoms with E-state index in [1.165, 1.54) is 11.0 Å². The van der Waals surface area contributed by atoms with Gasteiger partial charge in [-0.25, -0.2) is 0 Å². The fourth-order valence-electron chi connectivity index (χ4n) is 1.80. The van der Waals surface area contributed by atoms with E-state index in [2.05, 4.69) is 15.9 Å². The highest BCUT2D eigenvalue weighted by Gasteiger charge is 2.28. The second kappa shape index (κ2) is 7.02. The molecule has 2 amide bonds. The summed E-state index contributed by atoms with van der Waals surface area (Å²) in [6, 6.07) is 0. The number of unbranched alkanes of at least 4 members (excludes halogenated alkanes) is 2. The summed E-state index contributed by atoms with van der Waals surface area (Å²) in [4.78, 5) is 35.7. The second-order valence-corrected chi connectivity index (χ2v) is 6.54. The first-order valence-electron chi connectivity index (χ1n) is 6.65. The Morgan fingerprint density at radius 3 is 2.40 bits per heavy atom. The number of carbonyl (C=O) groups is 3. The largest absolute Gasteiger partial charge is 0.460 e. The Balaban J connectivity index is 2.16. The standard InChI is InChI=1S/C14H20BrNO4/c1-14(2,3)20-12(18)7-5-4-6-8-16-11(17)9-10(15)13(16)19/h9H,4-8H2,1-3H3. The number of ether oxygens (including phenoxy) is 1. The third-order valence-electron chi connectivity index (χ3n) is 2.65. The molecule has 1 aliphatic heterocycles. The van der Waals surface area contributed by atoms with Gasteiger partial charge in [-0.15, -0.1) is 0 Å². The highest BCUT2D eigenvalue weighted by atomic mass is 79.9. The minimum atomic E-state index is -0.455. The van der Waals surface area contributed by atoms with Gasteiger partial charge < -0.3 is 4.74 Å². The van der Waals surface area contributed by atoms with E-state index in [1.54, 1.807) is 0 Å². The van der Waals surface area contributed by atoms with Crippen molar-refractivity contribution in [1.29, 1.82) is 0 Å². The van der Waals surface area contributed by atoms with Gasteiger partial charge >= 0.3 is 5.97 Å². The average molecular weight is 346 g/mol. The molecular formula is C14H20BrNO4. The normalized spacial score (nSPS) is 15.6. The predicted octanol–water partition coefficient (Wildman–Crippen LogP) is 2.54. The molecule has 0 bridgehead atoms. The zero-order chi connectivity index (χ0) is 15.3. The SMILES string of the molecule is CC(C)(C)OC(=O)CCCCCN1C(=O)C=C(Br)C1=O. The van der Waals surface area contributed by atoms with Gasteiger partial charge in [-0.05, 0) is 49.5 Å². The van der Waals surface area contributed by atoms with Crippen LogP contribution < -0.4 is 0 Å². The zero-order valence-electron chi connectivity index (χ0n) is 12.1. The number of imide groups is 1. The summed E-state index contributed by atoms with van der Waals surface area (Å²) in [5, 5.41) is 0. The van der Waals surface area contributed by atoms with E-state index in [9.17, 15) is 14.4 Å². The Morgan fingerprint density at radius 1 is 1.25 bits per heavy atom. The van der Waals surface area contributed by atoms with E-state index < -0.39 is 5.60 Å². The Hall–Kier alpha value is -1.17. The lowest BCUT2D eigenvalue weighted by Crippen LogP contribution is -2.31. The van der Waals surface area contributed by atoms with Crippen LogP contribution in [-0.2, 0) is 19.1 Å². The molecule has 0 aromatic heterocycles. The number of amides is 2. The molecule has 0 aromatic rings. The number of hydrogen-bond donors (Lipinski definition) is 0. The molecule has 0 spiro atoms. The summed E-state index contributed by atoms with van der Waals surface area (Å²) in [7, 11) is 0. The lowest BCUT2D eigenvalue weighted by molar-refractivity contribution is -0.155. The van der Waals surface area contributed by atoms with E-state index in [0.717, 1.165) is 6.42 Å². The third-order valence-corrected chi connectivity index (χ3v) is 3.22. The van der Waals surface area contributed by atoms with Crippen molar-refractivity contribution in [2.75, 3.05) is 6.54 Å². The molecule has 0 radical (unpaired) electrons. The van der Waals surface area contributed by atoms with Gasteiger partial charge in [0.05, 0.1) is 4.48 Å². The van der Waals surface area contributed by atoms with E-state index in [-0.39, 0.29) is 17.8 Å². The first-order valence-corrected chi connectivity index (χ1v) is 7.45. The van der Waals surface area contributed by atoms with Gasteiger partial charge in [-0.2, -0.15) is 0 Å². The van der Waals surface area contributed by atoms with Crippen molar-refractivity contribution in [3.63, 3.8) is 0 Å². The molecule has 5 nitrogen and oxygen atoms in total. The maximum absolute atomic E-state index is 11.6. The molecular weight excluding hydrogens is 326 g/mol. The molecule has 0 aromatic carbocycles. The molecule has 0 unspecified atom stereocenters. The molecule has 0 saturated heterocycles. The van der Waals surface area contributed by atoms with Gasteiger partial charge in [0.15, 0.2) is 0 Å². The van der Waals surface area contributed by atoms with Crippen LogP contribution in [0.25, 0.3) is 0 Å². The van der Waals surface area contributed by atoms with Crippen LogP contribution >= 0.6 is 15.9 Å². The van der Waals surface area contributed by atoms with Crippen molar-refractivity contribution >= 4 is 33.7 Å². The molecule has 20 heavy (non-hydrogen) atoms. The Kier molecular flexibility index (Phi) is 5.92. The molecule has 0 atom stereocenters. The molecule has 6 heteroatoms. The number of hydrogen-bond acceptors (Lipinski definition) is 4. The monoisotopic (exact) mass is 345 g/mol. The van der Waals surface area contributed by atoms with Crippen LogP contribution in [0, 0.1) is 0 Å². The lowest BCUT2D eigenvalue weighted by atomic mass is 10.1. The van der Waals surface area contributed by atoms with Crippen LogP contribution in [-0.4, -0.2) is 34.8 Å². The van der Waals surface area contributed by atoms with Crippen molar-refractivity contribution in [3.8, 4) is 0 Å². The summed E-state index contributed by atoms with van der Waals surface area (Å²) >= 11 is 3.04. The van der Waals surface area contributed by atoms with E-state index >= 15 is 0 Å². The van der Waals surface area contributed by atoms with Crippen molar-refractivity contribution < 1.29 is 19.1 Å². The third kappa shape index (κ3) is 5.45. The maximum atomic E-state index is 11.6. The molecule has 1 rings (SSSR count). The fourth-order valence-corrected chi connectivity index (χ4v) is 2.21. The van der Waals surface area contributed by atoms with E-state index in [4.69, 9.17) is 4.74 Å². The van der Waals surface area contributed by atoms with Gasteiger partial charge in [0.25, 0.3) is 11.8 Å². The van der Waals surface area contributed by atoms with E-state index in [1.807, 2.05) is 20.8 Å². The van der Waals surface area contributed by atoms with Gasteiger partial charge in [0.2, 0.25) is 0 Å². The number of esters is 1. The number of carbonyl (C=O) groups excluding carboxylic acids is 3. The smallest absolute Gasteiger partial charge is 0.306 e. The van der Waals surface area contributed by atoms with Crippen LogP contribution in [0.3, 0.4) is 0 Å². The van der Waals surface area contributed by atoms with E-state index in [0.29, 0.717) is 30.3 Å². The van der Waals surface area contributed by atoms with Gasteiger partial charge in [-0.3, -0.25) is 19.3 Å². The average Bonchev–Trinajstić information content (AvgIpc) is 2.52. The highest BCUT2D eigenvalue weighted by molar-refractivity contribution is 9.12. The summed E-state index contributed by atoms with van der Waals surface area (Å²) in [5.74, 6) is -0.786. The first-order chi connectivity index (χ1) is 9.20. The molecule has 0 saturated carbocycles. The Labute approximate surface area is 127 Å². The number of halogens is 1. The first kappa shape index (κ1) is 16.9. The molecule has 1 aliphatic rings. The predicted molar refractivity (Wildman–Crippen MR) is 78.0 cm³/mol. The lowest BCUT2D eigenvalue weighted by Gasteiger charge is -2.19. The minimum absolute atomic E-state index is 0.213. The maximum Gasteiger partial charge on any atom is 0.306 e. The topological polar surface area (TPSA) is 63.7 Å². The summed E-state index contributed by atoms with van der Waals surface area (Å²) in [5.41, 5.74) is -0.455. The molecule has 0 fully saturated rings. The number of rotatable bonds is 6. The van der Waals surface area contributed by atoms with Gasteiger partial charge in [-0.1, -0.05) is 6.42 Å². The van der Waals surface area contributed by atoms with Crippen molar-refractivity contribution in [1.82, 2.24) is 4.90 Å². The van der Waals surface area contributed by atoms with Crippen molar-refractivity contribution in [2.24, 2.45) is 0 Å². The quantitative estimate of drug-likeness (QED) is 0.421.